The van der Waals surface area contributed by atoms with Gasteiger partial charge in [-0.15, -0.1) is 0 Å². The molecule has 0 N–H and O–H groups in total. The van der Waals surface area contributed by atoms with Gasteiger partial charge in [-0.05, 0) is 23.9 Å². The molecule has 2 heterocycles. The number of para-hydroxylation sites is 1. The first-order valence-electron chi connectivity index (χ1n) is 4.81. The standard InChI is InChI=1S/C11H10N2O/c14-12-9-5-6-13-10-4-2-1-3-8(10)7-11(9)13/h1-4,7,9H,5-6H2. The van der Waals surface area contributed by atoms with Crippen molar-refractivity contribution in [1.29, 1.82) is 0 Å². The lowest BCUT2D eigenvalue weighted by atomic mass is 10.2. The maximum atomic E-state index is 10.6. The van der Waals surface area contributed by atoms with Gasteiger partial charge in [0, 0.05) is 17.8 Å². The van der Waals surface area contributed by atoms with Crippen LogP contribution in [0.4, 0.5) is 0 Å². The Labute approximate surface area is 81.3 Å². The summed E-state index contributed by atoms with van der Waals surface area (Å²) in [7, 11) is 0. The topological polar surface area (TPSA) is 34.4 Å². The molecule has 0 spiro atoms. The molecular weight excluding hydrogens is 176 g/mol. The Morgan fingerprint density at radius 2 is 2.21 bits per heavy atom. The lowest BCUT2D eigenvalue weighted by Gasteiger charge is -1.98. The van der Waals surface area contributed by atoms with E-state index in [2.05, 4.69) is 27.9 Å². The molecule has 3 heteroatoms. The van der Waals surface area contributed by atoms with Crippen molar-refractivity contribution in [3.8, 4) is 0 Å². The van der Waals surface area contributed by atoms with Crippen molar-refractivity contribution >= 4 is 10.9 Å². The summed E-state index contributed by atoms with van der Waals surface area (Å²) in [6.45, 7) is 0.916. The SMILES string of the molecule is O=NC1CCn2c1cc1ccccc12. The molecule has 0 fully saturated rings. The highest BCUT2D eigenvalue weighted by Crippen LogP contribution is 2.34. The van der Waals surface area contributed by atoms with E-state index in [1.807, 2.05) is 12.1 Å². The van der Waals surface area contributed by atoms with Crippen LogP contribution in [0.25, 0.3) is 10.9 Å². The van der Waals surface area contributed by atoms with E-state index in [4.69, 9.17) is 0 Å². The first-order valence-corrected chi connectivity index (χ1v) is 4.81. The Morgan fingerprint density at radius 3 is 3.07 bits per heavy atom. The van der Waals surface area contributed by atoms with Crippen LogP contribution in [0.3, 0.4) is 0 Å². The second-order valence-electron chi connectivity index (χ2n) is 3.69. The van der Waals surface area contributed by atoms with Crippen molar-refractivity contribution in [3.63, 3.8) is 0 Å². The average Bonchev–Trinajstić information content (AvgIpc) is 2.75. The summed E-state index contributed by atoms with van der Waals surface area (Å²) in [5, 5.41) is 4.36. The average molecular weight is 186 g/mol. The fourth-order valence-corrected chi connectivity index (χ4v) is 2.26. The molecule has 1 atom stereocenters. The van der Waals surface area contributed by atoms with Crippen LogP contribution in [0.15, 0.2) is 35.5 Å². The fraction of sp³-hybridized carbons (Fsp3) is 0.273. The molecule has 3 rings (SSSR count). The maximum Gasteiger partial charge on any atom is 0.133 e. The smallest absolute Gasteiger partial charge is 0.133 e. The number of fused-ring (bicyclic) bond motifs is 3. The minimum Gasteiger partial charge on any atom is -0.342 e. The van der Waals surface area contributed by atoms with Crippen molar-refractivity contribution in [2.45, 2.75) is 19.0 Å². The van der Waals surface area contributed by atoms with Gasteiger partial charge in [0.05, 0.1) is 0 Å². The van der Waals surface area contributed by atoms with E-state index in [1.54, 1.807) is 0 Å². The zero-order chi connectivity index (χ0) is 9.54. The number of benzene rings is 1. The molecule has 0 radical (unpaired) electrons. The molecule has 0 amide bonds. The third-order valence-corrected chi connectivity index (χ3v) is 2.94. The zero-order valence-corrected chi connectivity index (χ0v) is 7.68. The highest BCUT2D eigenvalue weighted by Gasteiger charge is 2.24. The third-order valence-electron chi connectivity index (χ3n) is 2.94. The Balaban J connectivity index is 2.31. The number of nitroso groups, excluding NO2 is 1. The molecule has 70 valence electrons. The Hall–Kier alpha value is -1.64. The van der Waals surface area contributed by atoms with Crippen LogP contribution < -0.4 is 0 Å². The molecule has 0 saturated heterocycles. The molecule has 0 saturated carbocycles. The van der Waals surface area contributed by atoms with E-state index in [-0.39, 0.29) is 6.04 Å². The zero-order valence-electron chi connectivity index (χ0n) is 7.68. The van der Waals surface area contributed by atoms with E-state index in [9.17, 15) is 4.91 Å². The first kappa shape index (κ1) is 7.74. The molecule has 1 aromatic carbocycles. The second-order valence-corrected chi connectivity index (χ2v) is 3.69. The minimum atomic E-state index is -0.137. The largest absolute Gasteiger partial charge is 0.342 e. The number of hydrogen-bond acceptors (Lipinski definition) is 2. The molecule has 1 unspecified atom stereocenters. The fourth-order valence-electron chi connectivity index (χ4n) is 2.26. The number of aryl methyl sites for hydroxylation is 1. The number of aromatic nitrogens is 1. The van der Waals surface area contributed by atoms with Crippen molar-refractivity contribution in [3.05, 3.63) is 40.9 Å². The van der Waals surface area contributed by atoms with Crippen molar-refractivity contribution in [2.75, 3.05) is 0 Å². The van der Waals surface area contributed by atoms with Gasteiger partial charge in [0.2, 0.25) is 0 Å². The molecule has 0 bridgehead atoms. The first-order chi connectivity index (χ1) is 6.90. The van der Waals surface area contributed by atoms with Crippen LogP contribution in [0, 0.1) is 4.91 Å². The Kier molecular flexibility index (Phi) is 1.48. The van der Waals surface area contributed by atoms with Crippen LogP contribution in [0.5, 0.6) is 0 Å². The molecule has 2 aromatic rings. The summed E-state index contributed by atoms with van der Waals surface area (Å²) >= 11 is 0. The van der Waals surface area contributed by atoms with Crippen molar-refractivity contribution < 1.29 is 0 Å². The number of hydrogen-bond donors (Lipinski definition) is 0. The minimum absolute atomic E-state index is 0.137. The Morgan fingerprint density at radius 1 is 1.36 bits per heavy atom. The van der Waals surface area contributed by atoms with Crippen LogP contribution in [0.1, 0.15) is 18.2 Å². The summed E-state index contributed by atoms with van der Waals surface area (Å²) in [6, 6.07) is 10.1. The summed E-state index contributed by atoms with van der Waals surface area (Å²) in [5.41, 5.74) is 2.29. The van der Waals surface area contributed by atoms with Crippen LogP contribution >= 0.6 is 0 Å². The van der Waals surface area contributed by atoms with E-state index < -0.39 is 0 Å². The Bertz CT molecular complexity index is 501. The van der Waals surface area contributed by atoms with E-state index in [0.717, 1.165) is 18.7 Å². The van der Waals surface area contributed by atoms with Gasteiger partial charge in [0.25, 0.3) is 0 Å². The van der Waals surface area contributed by atoms with Crippen LogP contribution in [-0.2, 0) is 6.54 Å². The summed E-state index contributed by atoms with van der Waals surface area (Å²) in [5.74, 6) is 0. The van der Waals surface area contributed by atoms with Gasteiger partial charge in [-0.1, -0.05) is 23.4 Å². The van der Waals surface area contributed by atoms with Gasteiger partial charge in [0.1, 0.15) is 6.04 Å². The summed E-state index contributed by atoms with van der Waals surface area (Å²) in [4.78, 5) is 10.6. The quantitative estimate of drug-likeness (QED) is 0.630. The molecular formula is C11H10N2O. The third kappa shape index (κ3) is 0.867. The van der Waals surface area contributed by atoms with E-state index in [1.165, 1.54) is 10.9 Å². The molecule has 3 nitrogen and oxygen atoms in total. The second kappa shape index (κ2) is 2.67. The number of nitrogens with zero attached hydrogens (tertiary/aromatic N) is 2. The molecule has 14 heavy (non-hydrogen) atoms. The predicted molar refractivity (Wildman–Crippen MR) is 55.1 cm³/mol. The van der Waals surface area contributed by atoms with Crippen molar-refractivity contribution in [1.82, 2.24) is 4.57 Å². The molecule has 1 aliphatic rings. The van der Waals surface area contributed by atoms with Crippen molar-refractivity contribution in [2.24, 2.45) is 5.18 Å². The number of rotatable bonds is 1. The van der Waals surface area contributed by atoms with Gasteiger partial charge >= 0.3 is 0 Å². The van der Waals surface area contributed by atoms with Gasteiger partial charge in [-0.2, -0.15) is 4.91 Å². The summed E-state index contributed by atoms with van der Waals surface area (Å²) < 4.78 is 2.20. The predicted octanol–water partition coefficient (Wildman–Crippen LogP) is 2.85. The van der Waals surface area contributed by atoms with Gasteiger partial charge in [0.15, 0.2) is 0 Å². The highest BCUT2D eigenvalue weighted by atomic mass is 16.3. The normalized spacial score (nSPS) is 19.9. The monoisotopic (exact) mass is 186 g/mol. The lowest BCUT2D eigenvalue weighted by Crippen LogP contribution is -1.90. The van der Waals surface area contributed by atoms with Crippen LogP contribution in [-0.4, -0.2) is 4.57 Å². The van der Waals surface area contributed by atoms with Gasteiger partial charge < -0.3 is 4.57 Å². The van der Waals surface area contributed by atoms with Gasteiger partial charge in [-0.25, -0.2) is 0 Å². The maximum absolute atomic E-state index is 10.6. The van der Waals surface area contributed by atoms with Crippen LogP contribution in [0.2, 0.25) is 0 Å². The summed E-state index contributed by atoms with van der Waals surface area (Å²) in [6.07, 6.45) is 0.851. The molecule has 0 aliphatic carbocycles. The molecule has 1 aliphatic heterocycles. The van der Waals surface area contributed by atoms with E-state index in [0.29, 0.717) is 0 Å². The van der Waals surface area contributed by atoms with Gasteiger partial charge in [-0.3, -0.25) is 0 Å². The molecule has 1 aromatic heterocycles. The van der Waals surface area contributed by atoms with E-state index >= 15 is 0 Å². The lowest BCUT2D eigenvalue weighted by molar-refractivity contribution is 0.689. The highest BCUT2D eigenvalue weighted by molar-refractivity contribution is 5.81.